The van der Waals surface area contributed by atoms with Gasteiger partial charge in [-0.1, -0.05) is 12.1 Å². The van der Waals surface area contributed by atoms with Crippen molar-refractivity contribution < 1.29 is 33.9 Å². The number of hydrogen-bond donors (Lipinski definition) is 2. The lowest BCUT2D eigenvalue weighted by Gasteiger charge is -2.31. The number of quaternary nitrogens is 1. The summed E-state index contributed by atoms with van der Waals surface area (Å²) in [7, 11) is 2.80. The number of nitrogens with one attached hydrogen (secondary N) is 2. The van der Waals surface area contributed by atoms with Gasteiger partial charge in [0.2, 0.25) is 0 Å². The molecule has 0 fully saturated rings. The van der Waals surface area contributed by atoms with E-state index >= 15 is 0 Å². The van der Waals surface area contributed by atoms with Gasteiger partial charge in [0.15, 0.2) is 5.69 Å². The second-order valence-corrected chi connectivity index (χ2v) is 7.34. The van der Waals surface area contributed by atoms with Crippen LogP contribution in [0.1, 0.15) is 39.2 Å². The highest BCUT2D eigenvalue weighted by Crippen LogP contribution is 2.39. The van der Waals surface area contributed by atoms with Gasteiger partial charge in [0, 0.05) is 30.6 Å². The SMILES string of the molecule is COCCOC(=O)C1=C(C)NC(C)=C(C(=O)OC(C)C)C1c1cccc([NH+]([O-])OC)c1. The van der Waals surface area contributed by atoms with E-state index in [-0.39, 0.29) is 30.5 Å². The molecule has 2 atom stereocenters. The summed E-state index contributed by atoms with van der Waals surface area (Å²) in [5.41, 5.74) is 2.52. The maximum atomic E-state index is 13.0. The van der Waals surface area contributed by atoms with Crippen LogP contribution in [0.4, 0.5) is 5.69 Å². The summed E-state index contributed by atoms with van der Waals surface area (Å²) in [5, 5.41) is 14.6. The van der Waals surface area contributed by atoms with Crippen molar-refractivity contribution in [1.29, 1.82) is 0 Å². The summed E-state index contributed by atoms with van der Waals surface area (Å²) in [6.07, 6.45) is -0.348. The number of carbonyl (C=O) groups excluding carboxylic acids is 2. The van der Waals surface area contributed by atoms with E-state index in [0.29, 0.717) is 22.6 Å². The molecule has 0 radical (unpaired) electrons. The molecule has 0 bridgehead atoms. The molecule has 0 aliphatic carbocycles. The van der Waals surface area contributed by atoms with Crippen LogP contribution >= 0.6 is 0 Å². The van der Waals surface area contributed by atoms with Crippen molar-refractivity contribution in [3.8, 4) is 0 Å². The third-order valence-electron chi connectivity index (χ3n) is 4.70. The summed E-state index contributed by atoms with van der Waals surface area (Å²) >= 11 is 0. The van der Waals surface area contributed by atoms with E-state index in [9.17, 15) is 14.8 Å². The van der Waals surface area contributed by atoms with Crippen LogP contribution in [0.25, 0.3) is 0 Å². The van der Waals surface area contributed by atoms with E-state index < -0.39 is 23.1 Å². The molecule has 0 spiro atoms. The van der Waals surface area contributed by atoms with Crippen molar-refractivity contribution in [2.75, 3.05) is 27.4 Å². The third kappa shape index (κ3) is 5.92. The molecular weight excluding hydrogens is 404 g/mol. The summed E-state index contributed by atoms with van der Waals surface area (Å²) in [6.45, 7) is 7.28. The number of allylic oxidation sites excluding steroid dienone is 2. The minimum atomic E-state index is -0.785. The molecule has 1 aliphatic rings. The maximum absolute atomic E-state index is 13.0. The van der Waals surface area contributed by atoms with Gasteiger partial charge >= 0.3 is 11.9 Å². The first-order chi connectivity index (χ1) is 14.7. The number of ether oxygens (including phenoxy) is 3. The largest absolute Gasteiger partial charge is 0.595 e. The quantitative estimate of drug-likeness (QED) is 0.343. The Labute approximate surface area is 182 Å². The predicted molar refractivity (Wildman–Crippen MR) is 113 cm³/mol. The van der Waals surface area contributed by atoms with Gasteiger partial charge < -0.3 is 24.7 Å². The lowest BCUT2D eigenvalue weighted by atomic mass is 9.80. The molecule has 170 valence electrons. The van der Waals surface area contributed by atoms with Crippen LogP contribution in [-0.2, 0) is 28.6 Å². The van der Waals surface area contributed by atoms with Crippen molar-refractivity contribution in [3.05, 3.63) is 57.6 Å². The molecule has 0 amide bonds. The molecule has 1 heterocycles. The maximum Gasteiger partial charge on any atom is 0.337 e. The molecule has 1 aromatic rings. The highest BCUT2D eigenvalue weighted by Gasteiger charge is 2.38. The smallest absolute Gasteiger partial charge is 0.337 e. The molecule has 1 aromatic carbocycles. The number of carbonyl (C=O) groups is 2. The minimum absolute atomic E-state index is 0.0650. The number of methoxy groups -OCH3 is 1. The first kappa shape index (κ1) is 24.5. The average Bonchev–Trinajstić information content (AvgIpc) is 2.72. The van der Waals surface area contributed by atoms with Gasteiger partial charge in [-0.3, -0.25) is 0 Å². The first-order valence-electron chi connectivity index (χ1n) is 9.95. The Morgan fingerprint density at radius 1 is 1.10 bits per heavy atom. The van der Waals surface area contributed by atoms with E-state index in [1.807, 2.05) is 0 Å². The molecule has 0 aromatic heterocycles. The minimum Gasteiger partial charge on any atom is -0.595 e. The Morgan fingerprint density at radius 3 is 2.32 bits per heavy atom. The van der Waals surface area contributed by atoms with Gasteiger partial charge in [0.1, 0.15) is 6.61 Å². The summed E-state index contributed by atoms with van der Waals surface area (Å²) in [6, 6.07) is 6.63. The zero-order valence-corrected chi connectivity index (χ0v) is 18.7. The van der Waals surface area contributed by atoms with Gasteiger partial charge in [-0.25, -0.2) is 14.4 Å². The van der Waals surface area contributed by atoms with Crippen molar-refractivity contribution in [2.24, 2.45) is 0 Å². The summed E-state index contributed by atoms with van der Waals surface area (Å²) in [4.78, 5) is 30.8. The van der Waals surface area contributed by atoms with Gasteiger partial charge in [-0.15, -0.1) is 0 Å². The number of esters is 2. The van der Waals surface area contributed by atoms with Gasteiger partial charge in [-0.05, 0) is 33.3 Å². The fourth-order valence-electron chi connectivity index (χ4n) is 3.40. The number of dihydropyridines is 1. The van der Waals surface area contributed by atoms with Crippen molar-refractivity contribution >= 4 is 17.6 Å². The molecule has 9 nitrogen and oxygen atoms in total. The second kappa shape index (κ2) is 11.1. The number of rotatable bonds is 9. The lowest BCUT2D eigenvalue weighted by molar-refractivity contribution is -0.992. The average molecular weight is 434 g/mol. The lowest BCUT2D eigenvalue weighted by Crippen LogP contribution is -3.00. The standard InChI is InChI=1S/C22H30N2O7/c1-13(2)31-22(26)19-15(4)23-14(3)18(21(25)30-11-10-28-5)20(19)16-8-7-9-17(12-16)24(27)29-6/h7-9,12-13,20,23-24H,10-11H2,1-6H3. The third-order valence-corrected chi connectivity index (χ3v) is 4.70. The van der Waals surface area contributed by atoms with E-state index in [2.05, 4.69) is 5.32 Å². The number of benzene rings is 1. The molecule has 31 heavy (non-hydrogen) atoms. The van der Waals surface area contributed by atoms with Crippen LogP contribution < -0.4 is 10.5 Å². The molecule has 2 N–H and O–H groups in total. The highest BCUT2D eigenvalue weighted by molar-refractivity contribution is 6.00. The van der Waals surface area contributed by atoms with Gasteiger partial charge in [-0.2, -0.15) is 5.23 Å². The zero-order chi connectivity index (χ0) is 23.1. The Bertz CT molecular complexity index is 876. The monoisotopic (exact) mass is 434 g/mol. The zero-order valence-electron chi connectivity index (χ0n) is 18.7. The molecule has 1 aliphatic heterocycles. The van der Waals surface area contributed by atoms with Crippen LogP contribution in [-0.4, -0.2) is 45.5 Å². The fraction of sp³-hybridized carbons (Fsp3) is 0.455. The molecule has 0 saturated carbocycles. The number of hydrogen-bond acceptors (Lipinski definition) is 8. The van der Waals surface area contributed by atoms with E-state index in [1.54, 1.807) is 52.0 Å². The second-order valence-electron chi connectivity index (χ2n) is 7.34. The summed E-state index contributed by atoms with van der Waals surface area (Å²) in [5.74, 6) is -1.92. The van der Waals surface area contributed by atoms with Crippen LogP contribution in [0.15, 0.2) is 46.8 Å². The van der Waals surface area contributed by atoms with Crippen LogP contribution in [0.3, 0.4) is 0 Å². The molecular formula is C22H30N2O7. The normalized spacial score (nSPS) is 17.5. The molecule has 2 rings (SSSR count). The Morgan fingerprint density at radius 2 is 1.74 bits per heavy atom. The Hall–Kier alpha value is -2.72. The fourth-order valence-corrected chi connectivity index (χ4v) is 3.40. The van der Waals surface area contributed by atoms with Crippen LogP contribution in [0.5, 0.6) is 0 Å². The first-order valence-corrected chi connectivity index (χ1v) is 9.95. The van der Waals surface area contributed by atoms with E-state index in [0.717, 1.165) is 0 Å². The van der Waals surface area contributed by atoms with E-state index in [4.69, 9.17) is 19.0 Å². The van der Waals surface area contributed by atoms with Crippen molar-refractivity contribution in [2.45, 2.75) is 39.7 Å². The summed E-state index contributed by atoms with van der Waals surface area (Å²) < 4.78 is 15.8. The highest BCUT2D eigenvalue weighted by atomic mass is 16.9. The Kier molecular flexibility index (Phi) is 8.76. The van der Waals surface area contributed by atoms with E-state index in [1.165, 1.54) is 14.2 Å². The predicted octanol–water partition coefficient (Wildman–Crippen LogP) is 1.64. The molecule has 9 heteroatoms. The Balaban J connectivity index is 2.60. The van der Waals surface area contributed by atoms with Gasteiger partial charge in [0.25, 0.3) is 0 Å². The van der Waals surface area contributed by atoms with Crippen molar-refractivity contribution in [1.82, 2.24) is 5.32 Å². The topological polar surface area (TPSA) is 111 Å². The van der Waals surface area contributed by atoms with Crippen LogP contribution in [0, 0.1) is 5.21 Å². The van der Waals surface area contributed by atoms with Gasteiger partial charge in [0.05, 0.1) is 36.9 Å². The molecule has 0 saturated heterocycles. The van der Waals surface area contributed by atoms with Crippen molar-refractivity contribution in [3.63, 3.8) is 0 Å². The molecule has 2 unspecified atom stereocenters. The van der Waals surface area contributed by atoms with Crippen LogP contribution in [0.2, 0.25) is 0 Å².